The highest BCUT2D eigenvalue weighted by molar-refractivity contribution is 8.14. The lowest BCUT2D eigenvalue weighted by Crippen LogP contribution is -2.54. The smallest absolute Gasteiger partial charge is 0.289 e. The van der Waals surface area contributed by atoms with E-state index in [0.29, 0.717) is 6.42 Å². The van der Waals surface area contributed by atoms with Crippen LogP contribution in [0.2, 0.25) is 0 Å². The highest BCUT2D eigenvalue weighted by Crippen LogP contribution is 2.31. The number of nitrogens with zero attached hydrogens (tertiary/aromatic N) is 1. The molecule has 2 aromatic carbocycles. The normalized spacial score (nSPS) is 21.8. The van der Waals surface area contributed by atoms with Crippen molar-refractivity contribution in [1.82, 2.24) is 10.2 Å². The third-order valence-electron chi connectivity index (χ3n) is 5.99. The topological polar surface area (TPSA) is 66.5 Å². The molecule has 1 heterocycles. The van der Waals surface area contributed by atoms with Crippen LogP contribution in [0.25, 0.3) is 0 Å². The van der Waals surface area contributed by atoms with Crippen molar-refractivity contribution >= 4 is 28.8 Å². The van der Waals surface area contributed by atoms with Gasteiger partial charge in [0.1, 0.15) is 0 Å². The summed E-state index contributed by atoms with van der Waals surface area (Å²) in [6.07, 6.45) is 3.83. The molecule has 1 saturated carbocycles. The van der Waals surface area contributed by atoms with E-state index in [9.17, 15) is 14.4 Å². The molecule has 2 unspecified atom stereocenters. The molecule has 0 bridgehead atoms. The van der Waals surface area contributed by atoms with Crippen LogP contribution in [0.4, 0.5) is 4.79 Å². The molecule has 2 fully saturated rings. The van der Waals surface area contributed by atoms with Gasteiger partial charge in [-0.2, -0.15) is 0 Å². The number of carbonyl (C=O) groups is 3. The van der Waals surface area contributed by atoms with Gasteiger partial charge in [-0.25, -0.2) is 0 Å². The second-order valence-corrected chi connectivity index (χ2v) is 8.85. The molecule has 156 valence electrons. The second-order valence-electron chi connectivity index (χ2n) is 7.92. The van der Waals surface area contributed by atoms with E-state index in [-0.39, 0.29) is 40.8 Å². The Morgan fingerprint density at radius 1 is 0.967 bits per heavy atom. The zero-order chi connectivity index (χ0) is 20.9. The third kappa shape index (κ3) is 4.59. The number of nitrogens with one attached hydrogen (secondary N) is 1. The molecule has 1 aliphatic carbocycles. The van der Waals surface area contributed by atoms with Crippen molar-refractivity contribution < 1.29 is 14.4 Å². The van der Waals surface area contributed by atoms with Crippen molar-refractivity contribution in [2.75, 3.05) is 5.75 Å². The van der Waals surface area contributed by atoms with Crippen LogP contribution in [0, 0.1) is 0 Å². The standard InChI is InChI=1S/C24H26N2O3S/c27-22(15-19(17-9-3-1-4-10-17)18-11-5-2-6-12-18)25-20-13-7-8-14-21(20)26-23(28)16-30-24(26)29/h1-6,9-12,19-21H,7-8,13-16H2,(H,25,27). The minimum atomic E-state index is -0.232. The summed E-state index contributed by atoms with van der Waals surface area (Å²) in [4.78, 5) is 38.9. The number of carbonyl (C=O) groups excluding carboxylic acids is 3. The molecule has 6 heteroatoms. The highest BCUT2D eigenvalue weighted by Gasteiger charge is 2.41. The molecule has 2 aromatic rings. The van der Waals surface area contributed by atoms with Crippen LogP contribution in [0.1, 0.15) is 49.1 Å². The largest absolute Gasteiger partial charge is 0.351 e. The molecular weight excluding hydrogens is 396 g/mol. The molecule has 2 aliphatic rings. The zero-order valence-electron chi connectivity index (χ0n) is 16.8. The van der Waals surface area contributed by atoms with E-state index < -0.39 is 0 Å². The molecule has 1 aliphatic heterocycles. The molecule has 1 saturated heterocycles. The first-order chi connectivity index (χ1) is 14.6. The van der Waals surface area contributed by atoms with Crippen molar-refractivity contribution in [1.29, 1.82) is 0 Å². The van der Waals surface area contributed by atoms with Gasteiger partial charge in [0.05, 0.1) is 11.8 Å². The summed E-state index contributed by atoms with van der Waals surface area (Å²) in [5, 5.41) is 2.98. The van der Waals surface area contributed by atoms with Crippen LogP contribution in [-0.2, 0) is 9.59 Å². The highest BCUT2D eigenvalue weighted by atomic mass is 32.2. The molecule has 0 aromatic heterocycles. The number of thioether (sulfide) groups is 1. The average molecular weight is 423 g/mol. The minimum absolute atomic E-state index is 0.0416. The number of benzene rings is 2. The van der Waals surface area contributed by atoms with E-state index in [1.54, 1.807) is 0 Å². The summed E-state index contributed by atoms with van der Waals surface area (Å²) in [6, 6.07) is 19.7. The van der Waals surface area contributed by atoms with Gasteiger partial charge in [0.15, 0.2) is 0 Å². The van der Waals surface area contributed by atoms with Gasteiger partial charge < -0.3 is 5.32 Å². The average Bonchev–Trinajstić information content (AvgIpc) is 3.11. The van der Waals surface area contributed by atoms with Crippen LogP contribution >= 0.6 is 11.8 Å². The fourth-order valence-corrected chi connectivity index (χ4v) is 5.29. The Morgan fingerprint density at radius 3 is 2.13 bits per heavy atom. The Bertz CT molecular complexity index is 848. The first-order valence-corrected chi connectivity index (χ1v) is 11.5. The number of imide groups is 1. The van der Waals surface area contributed by atoms with Crippen molar-refractivity contribution in [3.63, 3.8) is 0 Å². The Labute approximate surface area is 181 Å². The number of hydrogen-bond acceptors (Lipinski definition) is 4. The van der Waals surface area contributed by atoms with Gasteiger partial charge in [0.25, 0.3) is 5.24 Å². The minimum Gasteiger partial charge on any atom is -0.351 e. The number of rotatable bonds is 6. The first-order valence-electron chi connectivity index (χ1n) is 10.5. The Hall–Kier alpha value is -2.60. The molecule has 5 nitrogen and oxygen atoms in total. The fourth-order valence-electron chi connectivity index (χ4n) is 4.52. The third-order valence-corrected chi connectivity index (χ3v) is 6.82. The van der Waals surface area contributed by atoms with Gasteiger partial charge in [-0.05, 0) is 24.0 Å². The molecule has 0 radical (unpaired) electrons. The zero-order valence-corrected chi connectivity index (χ0v) is 17.6. The van der Waals surface area contributed by atoms with E-state index in [0.717, 1.165) is 48.6 Å². The van der Waals surface area contributed by atoms with E-state index in [2.05, 4.69) is 5.32 Å². The van der Waals surface area contributed by atoms with E-state index in [1.165, 1.54) is 4.90 Å². The summed E-state index contributed by atoms with van der Waals surface area (Å²) in [5.74, 6) is -0.0147. The maximum Gasteiger partial charge on any atom is 0.289 e. The van der Waals surface area contributed by atoms with Crippen LogP contribution in [0.5, 0.6) is 0 Å². The Morgan fingerprint density at radius 2 is 1.57 bits per heavy atom. The SMILES string of the molecule is O=C(CC(c1ccccc1)c1ccccc1)NC1CCCCC1N1C(=O)CSC1=O. The summed E-state index contributed by atoms with van der Waals surface area (Å²) < 4.78 is 0. The molecule has 1 N–H and O–H groups in total. The summed E-state index contributed by atoms with van der Waals surface area (Å²) in [6.45, 7) is 0. The van der Waals surface area contributed by atoms with Crippen LogP contribution in [0.15, 0.2) is 60.7 Å². The number of amides is 3. The van der Waals surface area contributed by atoms with Gasteiger partial charge in [-0.15, -0.1) is 0 Å². The maximum absolute atomic E-state index is 13.1. The van der Waals surface area contributed by atoms with Crippen LogP contribution < -0.4 is 5.32 Å². The van der Waals surface area contributed by atoms with Gasteiger partial charge in [0.2, 0.25) is 11.8 Å². The van der Waals surface area contributed by atoms with Gasteiger partial charge in [-0.3, -0.25) is 19.3 Å². The molecule has 3 amide bonds. The van der Waals surface area contributed by atoms with Crippen molar-refractivity contribution in [2.45, 2.75) is 50.1 Å². The maximum atomic E-state index is 13.1. The molecule has 4 rings (SSSR count). The summed E-state index contributed by atoms with van der Waals surface area (Å²) in [5.41, 5.74) is 2.20. The predicted molar refractivity (Wildman–Crippen MR) is 118 cm³/mol. The molecule has 30 heavy (non-hydrogen) atoms. The lowest BCUT2D eigenvalue weighted by molar-refractivity contribution is -0.129. The quantitative estimate of drug-likeness (QED) is 0.752. The van der Waals surface area contributed by atoms with Crippen molar-refractivity contribution in [2.24, 2.45) is 0 Å². The van der Waals surface area contributed by atoms with Crippen molar-refractivity contribution in [3.8, 4) is 0 Å². The van der Waals surface area contributed by atoms with E-state index >= 15 is 0 Å². The lowest BCUT2D eigenvalue weighted by Gasteiger charge is -2.37. The van der Waals surface area contributed by atoms with E-state index in [1.807, 2.05) is 60.7 Å². The number of hydrogen-bond donors (Lipinski definition) is 1. The predicted octanol–water partition coefficient (Wildman–Crippen LogP) is 4.33. The Kier molecular flexibility index (Phi) is 6.53. The lowest BCUT2D eigenvalue weighted by atomic mass is 9.86. The van der Waals surface area contributed by atoms with E-state index in [4.69, 9.17) is 0 Å². The molecule has 0 spiro atoms. The monoisotopic (exact) mass is 422 g/mol. The van der Waals surface area contributed by atoms with Gasteiger partial charge in [-0.1, -0.05) is 85.3 Å². The van der Waals surface area contributed by atoms with Crippen LogP contribution in [0.3, 0.4) is 0 Å². The Balaban J connectivity index is 1.50. The van der Waals surface area contributed by atoms with Gasteiger partial charge >= 0.3 is 0 Å². The summed E-state index contributed by atoms with van der Waals surface area (Å²) >= 11 is 1.06. The van der Waals surface area contributed by atoms with Crippen LogP contribution in [-0.4, -0.2) is 39.8 Å². The molecule has 2 atom stereocenters. The van der Waals surface area contributed by atoms with Gasteiger partial charge in [0, 0.05) is 18.4 Å². The van der Waals surface area contributed by atoms with Crippen molar-refractivity contribution in [3.05, 3.63) is 71.8 Å². The molecular formula is C24H26N2O3S. The summed E-state index contributed by atoms with van der Waals surface area (Å²) in [7, 11) is 0. The first kappa shape index (κ1) is 20.7. The second kappa shape index (κ2) is 9.47. The fraction of sp³-hybridized carbons (Fsp3) is 0.375.